The van der Waals surface area contributed by atoms with Gasteiger partial charge < -0.3 is 0 Å². The van der Waals surface area contributed by atoms with Gasteiger partial charge in [0.05, 0.1) is 11.6 Å². The predicted molar refractivity (Wildman–Crippen MR) is 61.9 cm³/mol. The first-order chi connectivity index (χ1) is 8.26. The highest BCUT2D eigenvalue weighted by atomic mass is 19.1. The lowest BCUT2D eigenvalue weighted by molar-refractivity contribution is 0.112. The number of hydrogen-bond acceptors (Lipinski definition) is 2. The number of carbonyl (C=O) groups excluding carboxylic acids is 1. The Labute approximate surface area is 97.9 Å². The molecule has 2 aromatic rings. The number of aldehydes is 1. The monoisotopic (exact) mass is 225 g/mol. The minimum Gasteiger partial charge on any atom is -0.298 e. The van der Waals surface area contributed by atoms with Crippen LogP contribution in [0.1, 0.15) is 15.9 Å². The van der Waals surface area contributed by atoms with Crippen molar-refractivity contribution < 1.29 is 9.18 Å². The fourth-order valence-corrected chi connectivity index (χ4v) is 1.68. The summed E-state index contributed by atoms with van der Waals surface area (Å²) in [5.74, 6) is -0.466. The average molecular weight is 225 g/mol. The van der Waals surface area contributed by atoms with Crippen LogP contribution in [-0.2, 0) is 0 Å². The molecule has 0 aliphatic heterocycles. The maximum Gasteiger partial charge on any atom is 0.150 e. The number of nitrogens with zero attached hydrogens (tertiary/aromatic N) is 1. The number of rotatable bonds is 2. The third-order valence-corrected chi connectivity index (χ3v) is 2.45. The lowest BCUT2D eigenvalue weighted by atomic mass is 9.98. The molecule has 2 rings (SSSR count). The zero-order valence-electron chi connectivity index (χ0n) is 8.85. The van der Waals surface area contributed by atoms with Gasteiger partial charge >= 0.3 is 0 Å². The van der Waals surface area contributed by atoms with Gasteiger partial charge in [-0.3, -0.25) is 4.79 Å². The maximum atomic E-state index is 13.7. The van der Waals surface area contributed by atoms with Gasteiger partial charge in [0.2, 0.25) is 0 Å². The van der Waals surface area contributed by atoms with Crippen LogP contribution >= 0.6 is 0 Å². The summed E-state index contributed by atoms with van der Waals surface area (Å²) >= 11 is 0. The minimum atomic E-state index is -0.466. The lowest BCUT2D eigenvalue weighted by Crippen LogP contribution is -1.90. The molecule has 2 nitrogen and oxygen atoms in total. The van der Waals surface area contributed by atoms with Crippen LogP contribution in [0.3, 0.4) is 0 Å². The lowest BCUT2D eigenvalue weighted by Gasteiger charge is -2.06. The average Bonchev–Trinajstić information content (AvgIpc) is 2.38. The Hall–Kier alpha value is -2.47. The van der Waals surface area contributed by atoms with Crippen molar-refractivity contribution in [1.82, 2.24) is 0 Å². The molecule has 0 bridgehead atoms. The molecule has 82 valence electrons. The SMILES string of the molecule is N#Cc1cccc(F)c1-c1cccc(C=O)c1. The number of halogens is 1. The third-order valence-electron chi connectivity index (χ3n) is 2.45. The van der Waals surface area contributed by atoms with E-state index in [4.69, 9.17) is 5.26 Å². The molecule has 0 aliphatic rings. The second-order valence-electron chi connectivity index (χ2n) is 3.52. The molecule has 0 amide bonds. The van der Waals surface area contributed by atoms with Gasteiger partial charge in [-0.2, -0.15) is 5.26 Å². The van der Waals surface area contributed by atoms with E-state index >= 15 is 0 Å². The van der Waals surface area contributed by atoms with E-state index in [9.17, 15) is 9.18 Å². The van der Waals surface area contributed by atoms with Crippen LogP contribution in [0.4, 0.5) is 4.39 Å². The summed E-state index contributed by atoms with van der Waals surface area (Å²) in [4.78, 5) is 10.7. The molecular weight excluding hydrogens is 217 g/mol. The first-order valence-corrected chi connectivity index (χ1v) is 5.00. The normalized spacial score (nSPS) is 9.65. The predicted octanol–water partition coefficient (Wildman–Crippen LogP) is 3.18. The van der Waals surface area contributed by atoms with E-state index in [1.54, 1.807) is 30.3 Å². The molecule has 2 aromatic carbocycles. The first-order valence-electron chi connectivity index (χ1n) is 5.00. The Bertz CT molecular complexity index is 614. The Balaban J connectivity index is 2.68. The van der Waals surface area contributed by atoms with E-state index in [0.717, 1.165) is 0 Å². The molecule has 0 N–H and O–H groups in total. The molecule has 17 heavy (non-hydrogen) atoms. The molecule has 0 aromatic heterocycles. The Morgan fingerprint density at radius 2 is 1.94 bits per heavy atom. The van der Waals surface area contributed by atoms with Gasteiger partial charge in [0.25, 0.3) is 0 Å². The van der Waals surface area contributed by atoms with Crippen LogP contribution in [0.15, 0.2) is 42.5 Å². The summed E-state index contributed by atoms with van der Waals surface area (Å²) in [5, 5.41) is 8.94. The molecule has 0 saturated carbocycles. The Morgan fingerprint density at radius 3 is 2.65 bits per heavy atom. The summed E-state index contributed by atoms with van der Waals surface area (Å²) in [6, 6.07) is 12.8. The molecule has 0 heterocycles. The molecule has 0 fully saturated rings. The van der Waals surface area contributed by atoms with E-state index < -0.39 is 5.82 Å². The molecule has 0 aliphatic carbocycles. The zero-order valence-corrected chi connectivity index (χ0v) is 8.85. The summed E-state index contributed by atoms with van der Waals surface area (Å²) in [6.45, 7) is 0. The van der Waals surface area contributed by atoms with Crippen LogP contribution in [0, 0.1) is 17.1 Å². The van der Waals surface area contributed by atoms with E-state index in [2.05, 4.69) is 0 Å². The van der Waals surface area contributed by atoms with Crippen molar-refractivity contribution >= 4 is 6.29 Å². The van der Waals surface area contributed by atoms with Crippen molar-refractivity contribution in [2.75, 3.05) is 0 Å². The minimum absolute atomic E-state index is 0.235. The number of carbonyl (C=O) groups is 1. The summed E-state index contributed by atoms with van der Waals surface area (Å²) in [7, 11) is 0. The van der Waals surface area contributed by atoms with Gasteiger partial charge in [0.15, 0.2) is 0 Å². The van der Waals surface area contributed by atoms with Crippen LogP contribution in [0.2, 0.25) is 0 Å². The van der Waals surface area contributed by atoms with E-state index in [1.165, 1.54) is 12.1 Å². The fourth-order valence-electron chi connectivity index (χ4n) is 1.68. The smallest absolute Gasteiger partial charge is 0.150 e. The Morgan fingerprint density at radius 1 is 1.18 bits per heavy atom. The number of benzene rings is 2. The number of nitriles is 1. The van der Waals surface area contributed by atoms with Crippen molar-refractivity contribution in [1.29, 1.82) is 5.26 Å². The highest BCUT2D eigenvalue weighted by molar-refractivity contribution is 5.80. The quantitative estimate of drug-likeness (QED) is 0.736. The molecule has 0 atom stereocenters. The third kappa shape index (κ3) is 2.06. The second-order valence-corrected chi connectivity index (χ2v) is 3.52. The van der Waals surface area contributed by atoms with Crippen molar-refractivity contribution in [2.24, 2.45) is 0 Å². The molecule has 0 radical (unpaired) electrons. The van der Waals surface area contributed by atoms with Gasteiger partial charge in [0, 0.05) is 11.1 Å². The van der Waals surface area contributed by atoms with Crippen molar-refractivity contribution in [2.45, 2.75) is 0 Å². The van der Waals surface area contributed by atoms with Crippen LogP contribution in [-0.4, -0.2) is 6.29 Å². The highest BCUT2D eigenvalue weighted by Gasteiger charge is 2.10. The summed E-state index contributed by atoms with van der Waals surface area (Å²) in [5.41, 5.74) is 1.48. The van der Waals surface area contributed by atoms with Crippen molar-refractivity contribution in [3.8, 4) is 17.2 Å². The van der Waals surface area contributed by atoms with Crippen LogP contribution < -0.4 is 0 Å². The molecular formula is C14H8FNO. The van der Waals surface area contributed by atoms with Gasteiger partial charge in [-0.1, -0.05) is 24.3 Å². The van der Waals surface area contributed by atoms with Crippen LogP contribution in [0.5, 0.6) is 0 Å². The van der Waals surface area contributed by atoms with Crippen LogP contribution in [0.25, 0.3) is 11.1 Å². The van der Waals surface area contributed by atoms with Gasteiger partial charge in [0.1, 0.15) is 12.1 Å². The van der Waals surface area contributed by atoms with Crippen molar-refractivity contribution in [3.05, 3.63) is 59.4 Å². The largest absolute Gasteiger partial charge is 0.298 e. The number of hydrogen-bond donors (Lipinski definition) is 0. The molecule has 0 spiro atoms. The van der Waals surface area contributed by atoms with E-state index in [-0.39, 0.29) is 11.1 Å². The summed E-state index contributed by atoms with van der Waals surface area (Å²) in [6.07, 6.45) is 0.691. The maximum absolute atomic E-state index is 13.7. The second kappa shape index (κ2) is 4.58. The van der Waals surface area contributed by atoms with Crippen molar-refractivity contribution in [3.63, 3.8) is 0 Å². The van der Waals surface area contributed by atoms with E-state index in [0.29, 0.717) is 17.4 Å². The summed E-state index contributed by atoms with van der Waals surface area (Å²) < 4.78 is 13.7. The van der Waals surface area contributed by atoms with E-state index in [1.807, 2.05) is 6.07 Å². The van der Waals surface area contributed by atoms with Gasteiger partial charge in [-0.15, -0.1) is 0 Å². The fraction of sp³-hybridized carbons (Fsp3) is 0. The highest BCUT2D eigenvalue weighted by Crippen LogP contribution is 2.26. The Kier molecular flexibility index (Phi) is 2.97. The molecule has 0 unspecified atom stereocenters. The topological polar surface area (TPSA) is 40.9 Å². The first kappa shape index (κ1) is 11.0. The standard InChI is InChI=1S/C14H8FNO/c15-13-6-2-5-12(8-16)14(13)11-4-1-3-10(7-11)9-17/h1-7,9H. The zero-order chi connectivity index (χ0) is 12.3. The molecule has 0 saturated heterocycles. The molecule has 3 heteroatoms. The van der Waals surface area contributed by atoms with Gasteiger partial charge in [-0.25, -0.2) is 4.39 Å². The van der Waals surface area contributed by atoms with Gasteiger partial charge in [-0.05, 0) is 23.8 Å².